The molecule has 0 saturated heterocycles. The minimum absolute atomic E-state index is 0. The zero-order chi connectivity index (χ0) is 20.1. The smallest absolute Gasteiger partial charge is 0.224 e. The maximum Gasteiger partial charge on any atom is 0.224 e. The first-order valence-electron chi connectivity index (χ1n) is 9.31. The normalized spacial score (nSPS) is 23.2. The van der Waals surface area contributed by atoms with E-state index in [4.69, 9.17) is 9.47 Å². The van der Waals surface area contributed by atoms with Gasteiger partial charge in [0.15, 0.2) is 0 Å². The van der Waals surface area contributed by atoms with Crippen molar-refractivity contribution in [2.75, 3.05) is 13.7 Å². The van der Waals surface area contributed by atoms with E-state index < -0.39 is 18.2 Å². The van der Waals surface area contributed by atoms with Gasteiger partial charge in [0.1, 0.15) is 11.9 Å². The van der Waals surface area contributed by atoms with E-state index in [9.17, 15) is 15.0 Å². The first-order valence-corrected chi connectivity index (χ1v) is 9.31. The van der Waals surface area contributed by atoms with E-state index in [0.717, 1.165) is 11.3 Å². The number of aromatic nitrogens is 1. The van der Waals surface area contributed by atoms with Gasteiger partial charge in [-0.1, -0.05) is 18.2 Å². The zero-order valence-electron chi connectivity index (χ0n) is 16.4. The maximum atomic E-state index is 12.4. The van der Waals surface area contributed by atoms with Crippen LogP contribution in [0.15, 0.2) is 42.5 Å². The van der Waals surface area contributed by atoms with Gasteiger partial charge in [-0.3, -0.25) is 4.79 Å². The van der Waals surface area contributed by atoms with Gasteiger partial charge >= 0.3 is 0 Å². The van der Waals surface area contributed by atoms with Crippen molar-refractivity contribution in [3.63, 3.8) is 0 Å². The van der Waals surface area contributed by atoms with Crippen molar-refractivity contribution in [1.29, 1.82) is 0 Å². The monoisotopic (exact) mass is 422 g/mol. The van der Waals surface area contributed by atoms with Crippen LogP contribution in [-0.2, 0) is 11.2 Å². The van der Waals surface area contributed by atoms with Crippen LogP contribution >= 0.6 is 12.4 Å². The van der Waals surface area contributed by atoms with Crippen LogP contribution in [0.5, 0.6) is 11.6 Å². The number of rotatable bonds is 7. The molecule has 1 aliphatic rings. The third kappa shape index (κ3) is 6.06. The molecule has 1 fully saturated rings. The van der Waals surface area contributed by atoms with Crippen molar-refractivity contribution in [3.05, 3.63) is 53.7 Å². The molecule has 1 amide bonds. The number of aliphatic hydroxyl groups excluding tert-OH is 2. The summed E-state index contributed by atoms with van der Waals surface area (Å²) in [5, 5.41) is 23.4. The van der Waals surface area contributed by atoms with Crippen LogP contribution in [0.1, 0.15) is 17.7 Å². The Morgan fingerprint density at radius 1 is 1.21 bits per heavy atom. The summed E-state index contributed by atoms with van der Waals surface area (Å²) < 4.78 is 10.8. The summed E-state index contributed by atoms with van der Waals surface area (Å²) in [6.07, 6.45) is -1.40. The fraction of sp³-hybridized carbons (Fsp3) is 0.429. The summed E-state index contributed by atoms with van der Waals surface area (Å²) in [7, 11) is 1.57. The van der Waals surface area contributed by atoms with Crippen LogP contribution in [0, 0.1) is 12.8 Å². The van der Waals surface area contributed by atoms with Crippen LogP contribution in [-0.4, -0.2) is 53.1 Å². The van der Waals surface area contributed by atoms with Crippen LogP contribution < -0.4 is 14.8 Å². The van der Waals surface area contributed by atoms with E-state index in [1.165, 1.54) is 0 Å². The Morgan fingerprint density at radius 2 is 1.97 bits per heavy atom. The van der Waals surface area contributed by atoms with E-state index in [2.05, 4.69) is 10.3 Å². The molecule has 0 bridgehead atoms. The number of pyridine rings is 1. The Balaban J connectivity index is 0.00000300. The number of hydrogen-bond acceptors (Lipinski definition) is 6. The minimum Gasteiger partial charge on any atom is -0.497 e. The van der Waals surface area contributed by atoms with Crippen molar-refractivity contribution in [1.82, 2.24) is 10.3 Å². The summed E-state index contributed by atoms with van der Waals surface area (Å²) >= 11 is 0. The van der Waals surface area contributed by atoms with Gasteiger partial charge in [0.25, 0.3) is 0 Å². The minimum atomic E-state index is -1.03. The van der Waals surface area contributed by atoms with Crippen molar-refractivity contribution in [2.24, 2.45) is 5.92 Å². The fourth-order valence-electron chi connectivity index (χ4n) is 3.45. The fourth-order valence-corrected chi connectivity index (χ4v) is 3.45. The van der Waals surface area contributed by atoms with Crippen LogP contribution in [0.4, 0.5) is 0 Å². The molecule has 0 aliphatic heterocycles. The maximum absolute atomic E-state index is 12.4. The Bertz CT molecular complexity index is 819. The molecule has 29 heavy (non-hydrogen) atoms. The van der Waals surface area contributed by atoms with Crippen LogP contribution in [0.25, 0.3) is 0 Å². The second-order valence-electron chi connectivity index (χ2n) is 7.11. The summed E-state index contributed by atoms with van der Waals surface area (Å²) in [6, 6.07) is 12.2. The number of methoxy groups -OCH3 is 1. The van der Waals surface area contributed by atoms with E-state index in [-0.39, 0.29) is 37.3 Å². The van der Waals surface area contributed by atoms with Crippen molar-refractivity contribution in [3.8, 4) is 11.6 Å². The van der Waals surface area contributed by atoms with E-state index in [1.807, 2.05) is 37.3 Å². The number of halogens is 1. The highest BCUT2D eigenvalue weighted by Gasteiger charge is 2.42. The Kier molecular flexibility index (Phi) is 8.25. The molecule has 3 rings (SSSR count). The summed E-state index contributed by atoms with van der Waals surface area (Å²) in [5.74, 6) is 0.654. The molecule has 4 atom stereocenters. The second-order valence-corrected chi connectivity index (χ2v) is 7.11. The number of carbonyl (C=O) groups excluding carboxylic acids is 1. The van der Waals surface area contributed by atoms with E-state index in [0.29, 0.717) is 18.1 Å². The molecule has 0 spiro atoms. The molecule has 0 unspecified atom stereocenters. The number of nitrogens with one attached hydrogen (secondary N) is 1. The Morgan fingerprint density at radius 3 is 2.69 bits per heavy atom. The number of amides is 1. The molecular weight excluding hydrogens is 396 g/mol. The lowest BCUT2D eigenvalue weighted by molar-refractivity contribution is -0.122. The number of carbonyl (C=O) groups is 1. The number of nitrogens with zero attached hydrogens (tertiary/aromatic N) is 1. The molecule has 2 aromatic rings. The Hall–Kier alpha value is -2.35. The number of ether oxygens (including phenoxy) is 2. The van der Waals surface area contributed by atoms with Gasteiger partial charge < -0.3 is 25.0 Å². The van der Waals surface area contributed by atoms with Crippen LogP contribution in [0.2, 0.25) is 0 Å². The molecule has 7 nitrogen and oxygen atoms in total. The SMILES string of the molecule is COc1cccc(CC(=O)N[C@@H]2C[C@H](COc3cccc(C)n3)[C@@H](O)[C@H]2O)c1.Cl. The number of aryl methyl sites for hydroxylation is 1. The van der Waals surface area contributed by atoms with E-state index in [1.54, 1.807) is 19.2 Å². The summed E-state index contributed by atoms with van der Waals surface area (Å²) in [6.45, 7) is 2.09. The van der Waals surface area contributed by atoms with Crippen molar-refractivity contribution in [2.45, 2.75) is 38.0 Å². The van der Waals surface area contributed by atoms with Crippen molar-refractivity contribution < 1.29 is 24.5 Å². The average Bonchev–Trinajstić information content (AvgIpc) is 2.94. The van der Waals surface area contributed by atoms with Gasteiger partial charge in [0.05, 0.1) is 32.3 Å². The second kappa shape index (κ2) is 10.4. The van der Waals surface area contributed by atoms with Gasteiger partial charge in [-0.25, -0.2) is 4.98 Å². The van der Waals surface area contributed by atoms with Gasteiger partial charge in [0, 0.05) is 17.7 Å². The Labute approximate surface area is 176 Å². The lowest BCUT2D eigenvalue weighted by Crippen LogP contribution is -2.43. The first kappa shape index (κ1) is 22.9. The van der Waals surface area contributed by atoms with Gasteiger partial charge in [-0.15, -0.1) is 12.4 Å². The number of hydrogen-bond donors (Lipinski definition) is 3. The first-order chi connectivity index (χ1) is 13.5. The molecule has 1 aliphatic carbocycles. The standard InChI is InChI=1S/C21H26N2O5.ClH/c1-13-5-3-8-19(22-13)28-12-15-11-17(21(26)20(15)25)23-18(24)10-14-6-4-7-16(9-14)27-2;/h3-9,15,17,20-21,25-26H,10-12H2,1-2H3,(H,23,24);1H/t15-,17-,20-,21+;/m1./s1. The average molecular weight is 423 g/mol. The highest BCUT2D eigenvalue weighted by molar-refractivity contribution is 5.85. The van der Waals surface area contributed by atoms with Gasteiger partial charge in [0.2, 0.25) is 11.8 Å². The largest absolute Gasteiger partial charge is 0.497 e. The molecule has 1 aromatic heterocycles. The molecule has 3 N–H and O–H groups in total. The lowest BCUT2D eigenvalue weighted by Gasteiger charge is -2.18. The van der Waals surface area contributed by atoms with Crippen LogP contribution in [0.3, 0.4) is 0 Å². The van der Waals surface area contributed by atoms with E-state index >= 15 is 0 Å². The van der Waals surface area contributed by atoms with Crippen molar-refractivity contribution >= 4 is 18.3 Å². The molecule has 8 heteroatoms. The lowest BCUT2D eigenvalue weighted by atomic mass is 10.1. The third-order valence-corrected chi connectivity index (χ3v) is 4.96. The third-order valence-electron chi connectivity index (χ3n) is 4.96. The zero-order valence-corrected chi connectivity index (χ0v) is 17.3. The van der Waals surface area contributed by atoms with Gasteiger partial charge in [-0.05, 0) is 37.1 Å². The molecule has 158 valence electrons. The molecule has 1 saturated carbocycles. The molecule has 0 radical (unpaired) electrons. The summed E-state index contributed by atoms with van der Waals surface area (Å²) in [5.41, 5.74) is 1.66. The topological polar surface area (TPSA) is 101 Å². The summed E-state index contributed by atoms with van der Waals surface area (Å²) in [4.78, 5) is 16.6. The quantitative estimate of drug-likeness (QED) is 0.627. The highest BCUT2D eigenvalue weighted by Crippen LogP contribution is 2.28. The predicted octanol–water partition coefficient (Wildman–Crippen LogP) is 1.67. The van der Waals surface area contributed by atoms with Gasteiger partial charge in [-0.2, -0.15) is 0 Å². The predicted molar refractivity (Wildman–Crippen MR) is 110 cm³/mol. The number of benzene rings is 1. The number of aliphatic hydroxyl groups is 2. The molecule has 1 heterocycles. The highest BCUT2D eigenvalue weighted by atomic mass is 35.5. The molecular formula is C21H27ClN2O5. The molecule has 1 aromatic carbocycles.